The zero-order valence-electron chi connectivity index (χ0n) is 11.1. The first-order valence-corrected chi connectivity index (χ1v) is 7.09. The third kappa shape index (κ3) is 2.05. The third-order valence-corrected chi connectivity index (χ3v) is 4.29. The molecule has 0 saturated carbocycles. The second-order valence-corrected chi connectivity index (χ2v) is 5.43. The van der Waals surface area contributed by atoms with Crippen LogP contribution >= 0.6 is 23.2 Å². The highest BCUT2D eigenvalue weighted by molar-refractivity contribution is 6.63. The van der Waals surface area contributed by atoms with Crippen LogP contribution in [0, 0.1) is 11.3 Å². The fourth-order valence-corrected chi connectivity index (χ4v) is 2.80. The van der Waals surface area contributed by atoms with Gasteiger partial charge in [-0.3, -0.25) is 9.59 Å². The van der Waals surface area contributed by atoms with Gasteiger partial charge < -0.3 is 0 Å². The molecular weight excluding hydrogens is 321 g/mol. The number of hydrogen-bond donors (Lipinski definition) is 0. The summed E-state index contributed by atoms with van der Waals surface area (Å²) in [5, 5.41) is 8.51. The van der Waals surface area contributed by atoms with Gasteiger partial charge >= 0.3 is 0 Å². The molecule has 0 aromatic heterocycles. The number of carbonyl (C=O) groups excluding carboxylic acids is 2. The minimum Gasteiger partial charge on any atom is -0.287 e. The third-order valence-electron chi connectivity index (χ3n) is 3.47. The van der Waals surface area contributed by atoms with E-state index in [2.05, 4.69) is 0 Å². The number of halogens is 2. The standard InChI is InChI=1S/C17H7Cl2NO2/c18-14-15(19)17(22)13(12(8-20)16(14)21)11-7-6-9-4-2-1-3-5-10(9)11/h1-7H. The van der Waals surface area contributed by atoms with E-state index >= 15 is 0 Å². The van der Waals surface area contributed by atoms with Crippen molar-refractivity contribution in [2.75, 3.05) is 0 Å². The van der Waals surface area contributed by atoms with E-state index in [1.165, 1.54) is 0 Å². The average molecular weight is 328 g/mol. The van der Waals surface area contributed by atoms with Crippen molar-refractivity contribution < 1.29 is 9.59 Å². The normalized spacial score (nSPS) is 15.5. The minimum absolute atomic E-state index is 0.00287. The van der Waals surface area contributed by atoms with Crippen LogP contribution in [0.3, 0.4) is 0 Å². The molecule has 0 amide bonds. The number of fused-ring (bicyclic) bond motifs is 1. The lowest BCUT2D eigenvalue weighted by Crippen LogP contribution is -2.18. The predicted molar refractivity (Wildman–Crippen MR) is 84.3 cm³/mol. The molecule has 22 heavy (non-hydrogen) atoms. The van der Waals surface area contributed by atoms with Gasteiger partial charge in [0.15, 0.2) is 0 Å². The predicted octanol–water partition coefficient (Wildman–Crippen LogP) is 3.91. The Morgan fingerprint density at radius 3 is 2.23 bits per heavy atom. The van der Waals surface area contributed by atoms with Crippen molar-refractivity contribution in [1.82, 2.24) is 0 Å². The molecule has 0 radical (unpaired) electrons. The van der Waals surface area contributed by atoms with Gasteiger partial charge in [0.05, 0.1) is 5.57 Å². The second-order valence-electron chi connectivity index (χ2n) is 4.67. The van der Waals surface area contributed by atoms with Gasteiger partial charge in [-0.2, -0.15) is 5.26 Å². The Labute approximate surface area is 136 Å². The summed E-state index contributed by atoms with van der Waals surface area (Å²) in [6, 6.07) is 14.5. The van der Waals surface area contributed by atoms with Gasteiger partial charge in [0.2, 0.25) is 11.6 Å². The highest BCUT2D eigenvalue weighted by Crippen LogP contribution is 2.39. The summed E-state index contributed by atoms with van der Waals surface area (Å²) in [6.45, 7) is 0. The molecule has 3 rings (SSSR count). The Morgan fingerprint density at radius 1 is 0.818 bits per heavy atom. The number of nitriles is 1. The molecule has 5 heteroatoms. The number of Topliss-reactive ketones (excluding diaryl/α,β-unsaturated/α-hetero) is 2. The summed E-state index contributed by atoms with van der Waals surface area (Å²) in [6.07, 6.45) is 0. The Balaban J connectivity index is 2.31. The van der Waals surface area contributed by atoms with Gasteiger partial charge in [0, 0.05) is 0 Å². The van der Waals surface area contributed by atoms with Crippen LogP contribution in [-0.4, -0.2) is 11.6 Å². The molecule has 0 saturated heterocycles. The minimum atomic E-state index is -0.724. The maximum Gasteiger partial charge on any atom is 0.217 e. The first-order valence-electron chi connectivity index (χ1n) is 6.33. The Morgan fingerprint density at radius 2 is 1.50 bits per heavy atom. The molecule has 3 nitrogen and oxygen atoms in total. The molecule has 0 unspecified atom stereocenters. The molecule has 0 heterocycles. The summed E-state index contributed by atoms with van der Waals surface area (Å²) in [5.74, 6) is -1.33. The number of carbonyl (C=O) groups is 2. The van der Waals surface area contributed by atoms with Crippen molar-refractivity contribution in [3.8, 4) is 17.2 Å². The lowest BCUT2D eigenvalue weighted by atomic mass is 9.89. The van der Waals surface area contributed by atoms with E-state index < -0.39 is 16.6 Å². The summed E-state index contributed by atoms with van der Waals surface area (Å²) in [4.78, 5) is 24.5. The topological polar surface area (TPSA) is 57.9 Å². The molecule has 0 spiro atoms. The van der Waals surface area contributed by atoms with Crippen LogP contribution in [0.4, 0.5) is 0 Å². The highest BCUT2D eigenvalue weighted by Gasteiger charge is 2.35. The molecule has 0 aliphatic heterocycles. The van der Waals surface area contributed by atoms with Crippen molar-refractivity contribution >= 4 is 40.3 Å². The quantitative estimate of drug-likeness (QED) is 0.746. The van der Waals surface area contributed by atoms with Crippen molar-refractivity contribution in [3.63, 3.8) is 0 Å². The van der Waals surface area contributed by atoms with Gasteiger partial charge in [0.25, 0.3) is 0 Å². The number of hydrogen-bond acceptors (Lipinski definition) is 3. The number of allylic oxidation sites excluding steroid dienone is 4. The van der Waals surface area contributed by atoms with Gasteiger partial charge in [-0.15, -0.1) is 0 Å². The molecule has 106 valence electrons. The van der Waals surface area contributed by atoms with E-state index in [4.69, 9.17) is 23.2 Å². The second kappa shape index (κ2) is 5.42. The zero-order chi connectivity index (χ0) is 15.9. The van der Waals surface area contributed by atoms with Gasteiger partial charge in [-0.05, 0) is 16.7 Å². The summed E-state index contributed by atoms with van der Waals surface area (Å²) in [5.41, 5.74) is 1.88. The molecule has 0 fully saturated rings. The van der Waals surface area contributed by atoms with Crippen molar-refractivity contribution in [2.45, 2.75) is 0 Å². The van der Waals surface area contributed by atoms with Crippen LogP contribution in [0.1, 0.15) is 5.56 Å². The van der Waals surface area contributed by atoms with E-state index in [1.807, 2.05) is 36.4 Å². The van der Waals surface area contributed by atoms with E-state index in [0.717, 1.165) is 11.1 Å². The van der Waals surface area contributed by atoms with E-state index in [9.17, 15) is 14.9 Å². The van der Waals surface area contributed by atoms with Crippen LogP contribution in [0.2, 0.25) is 0 Å². The molecule has 3 aliphatic rings. The van der Waals surface area contributed by atoms with E-state index in [-0.39, 0.29) is 16.2 Å². The van der Waals surface area contributed by atoms with Crippen molar-refractivity contribution in [2.24, 2.45) is 0 Å². The van der Waals surface area contributed by atoms with Gasteiger partial charge in [-0.25, -0.2) is 0 Å². The van der Waals surface area contributed by atoms with Gasteiger partial charge in [-0.1, -0.05) is 65.7 Å². The molecule has 0 aromatic carbocycles. The Kier molecular flexibility index (Phi) is 3.58. The van der Waals surface area contributed by atoms with Crippen LogP contribution in [0.5, 0.6) is 0 Å². The summed E-state index contributed by atoms with van der Waals surface area (Å²) >= 11 is 11.6. The molecule has 0 aromatic rings. The maximum atomic E-state index is 12.4. The Hall–Kier alpha value is -2.41. The SMILES string of the molecule is N#CC1=C(c2ccc3cccccc2-3)C(=O)C(Cl)=C(Cl)C1=O. The van der Waals surface area contributed by atoms with Crippen LogP contribution < -0.4 is 0 Å². The van der Waals surface area contributed by atoms with E-state index in [0.29, 0.717) is 5.56 Å². The highest BCUT2D eigenvalue weighted by atomic mass is 35.5. The average Bonchev–Trinajstić information content (AvgIpc) is 2.76. The molecule has 0 atom stereocenters. The monoisotopic (exact) mass is 327 g/mol. The van der Waals surface area contributed by atoms with Crippen LogP contribution in [0.15, 0.2) is 58.1 Å². The lowest BCUT2D eigenvalue weighted by molar-refractivity contribution is -0.114. The molecular formula is C17H7Cl2NO2. The molecule has 0 bridgehead atoms. The smallest absolute Gasteiger partial charge is 0.217 e. The first-order chi connectivity index (χ1) is 10.6. The van der Waals surface area contributed by atoms with Crippen molar-refractivity contribution in [1.29, 1.82) is 5.26 Å². The number of ketones is 2. The lowest BCUT2D eigenvalue weighted by Gasteiger charge is -2.15. The Bertz CT molecular complexity index is 903. The summed E-state index contributed by atoms with van der Waals surface area (Å²) < 4.78 is 0. The molecule has 3 aliphatic carbocycles. The maximum absolute atomic E-state index is 12.4. The van der Waals surface area contributed by atoms with E-state index in [1.54, 1.807) is 12.1 Å². The van der Waals surface area contributed by atoms with Gasteiger partial charge in [0.1, 0.15) is 21.7 Å². The first kappa shape index (κ1) is 14.5. The summed E-state index contributed by atoms with van der Waals surface area (Å²) in [7, 11) is 0. The number of rotatable bonds is 1. The largest absolute Gasteiger partial charge is 0.287 e. The van der Waals surface area contributed by atoms with Crippen LogP contribution in [-0.2, 0) is 9.59 Å². The zero-order valence-corrected chi connectivity index (χ0v) is 12.6. The molecule has 0 N–H and O–H groups in total. The fraction of sp³-hybridized carbons (Fsp3) is 0. The number of nitrogens with zero attached hydrogens (tertiary/aromatic N) is 1. The van der Waals surface area contributed by atoms with Crippen molar-refractivity contribution in [3.05, 3.63) is 63.7 Å². The van der Waals surface area contributed by atoms with Crippen LogP contribution in [0.25, 0.3) is 16.7 Å². The fourth-order valence-electron chi connectivity index (χ4n) is 2.44.